The average molecular weight is 478 g/mol. The van der Waals surface area contributed by atoms with Gasteiger partial charge in [-0.05, 0) is 43.5 Å². The lowest BCUT2D eigenvalue weighted by atomic mass is 9.97. The van der Waals surface area contributed by atoms with E-state index < -0.39 is 10.0 Å². The van der Waals surface area contributed by atoms with Gasteiger partial charge in [0.1, 0.15) is 0 Å². The fourth-order valence-electron chi connectivity index (χ4n) is 3.81. The highest BCUT2D eigenvalue weighted by atomic mass is 35.5. The van der Waals surface area contributed by atoms with Crippen molar-refractivity contribution in [3.05, 3.63) is 33.8 Å². The molecule has 1 amide bonds. The number of nitrogens with zero attached hydrogens (tertiary/aromatic N) is 2. The number of ether oxygens (including phenoxy) is 1. The van der Waals surface area contributed by atoms with Crippen LogP contribution in [-0.2, 0) is 25.3 Å². The third-order valence-corrected chi connectivity index (χ3v) is 8.04. The van der Waals surface area contributed by atoms with Gasteiger partial charge < -0.3 is 10.1 Å². The Hall–Kier alpha value is -0.900. The van der Waals surface area contributed by atoms with Crippen molar-refractivity contribution < 1.29 is 17.9 Å². The van der Waals surface area contributed by atoms with Crippen LogP contribution >= 0.6 is 23.2 Å². The highest BCUT2D eigenvalue weighted by Crippen LogP contribution is 2.26. The van der Waals surface area contributed by atoms with Gasteiger partial charge in [-0.15, -0.1) is 0 Å². The zero-order chi connectivity index (χ0) is 21.6. The molecule has 0 radical (unpaired) electrons. The lowest BCUT2D eigenvalue weighted by Crippen LogP contribution is -2.44. The molecule has 1 aromatic carbocycles. The Morgan fingerprint density at radius 1 is 1.13 bits per heavy atom. The highest BCUT2D eigenvalue weighted by Gasteiger charge is 2.31. The summed E-state index contributed by atoms with van der Waals surface area (Å²) in [6.45, 7) is 5.73. The molecule has 1 aromatic rings. The van der Waals surface area contributed by atoms with Crippen molar-refractivity contribution in [1.82, 2.24) is 14.5 Å². The molecule has 3 rings (SSSR count). The van der Waals surface area contributed by atoms with Gasteiger partial charge in [0.25, 0.3) is 0 Å². The first kappa shape index (κ1) is 23.8. The van der Waals surface area contributed by atoms with Crippen LogP contribution in [0.2, 0.25) is 10.0 Å². The number of hydrogen-bond acceptors (Lipinski definition) is 5. The van der Waals surface area contributed by atoms with E-state index >= 15 is 0 Å². The molecule has 2 saturated heterocycles. The topological polar surface area (TPSA) is 79.0 Å². The van der Waals surface area contributed by atoms with Crippen LogP contribution in [0, 0.1) is 5.92 Å². The Balaban J connectivity index is 1.40. The Bertz CT molecular complexity index is 823. The van der Waals surface area contributed by atoms with E-state index in [1.807, 2.05) is 0 Å². The molecule has 10 heteroatoms. The van der Waals surface area contributed by atoms with Crippen LogP contribution < -0.4 is 5.32 Å². The van der Waals surface area contributed by atoms with Crippen molar-refractivity contribution in [2.45, 2.75) is 25.0 Å². The van der Waals surface area contributed by atoms with E-state index in [0.29, 0.717) is 48.1 Å². The first-order valence-corrected chi connectivity index (χ1v) is 12.7. The summed E-state index contributed by atoms with van der Waals surface area (Å²) in [5.41, 5.74) is 0.529. The van der Waals surface area contributed by atoms with Gasteiger partial charge in [-0.25, -0.2) is 12.7 Å². The van der Waals surface area contributed by atoms with Crippen LogP contribution in [0.1, 0.15) is 24.8 Å². The van der Waals surface area contributed by atoms with Crippen molar-refractivity contribution in [1.29, 1.82) is 0 Å². The van der Waals surface area contributed by atoms with Gasteiger partial charge in [-0.3, -0.25) is 9.69 Å². The molecule has 2 aliphatic heterocycles. The molecule has 2 aliphatic rings. The third kappa shape index (κ3) is 6.80. The minimum Gasteiger partial charge on any atom is -0.379 e. The summed E-state index contributed by atoms with van der Waals surface area (Å²) in [6.07, 6.45) is 1.96. The minimum absolute atomic E-state index is 0.0229. The van der Waals surface area contributed by atoms with E-state index in [-0.39, 0.29) is 17.6 Å². The number of carbonyl (C=O) groups is 1. The number of nitrogens with one attached hydrogen (secondary N) is 1. The molecule has 168 valence electrons. The summed E-state index contributed by atoms with van der Waals surface area (Å²) < 4.78 is 32.3. The van der Waals surface area contributed by atoms with Gasteiger partial charge in [-0.2, -0.15) is 0 Å². The van der Waals surface area contributed by atoms with Gasteiger partial charge in [0.2, 0.25) is 15.9 Å². The maximum absolute atomic E-state index is 12.8. The molecule has 2 heterocycles. The SMILES string of the molecule is O=C(NCCCN1CCOCC1)C1CCN(S(=O)(=O)Cc2ccc(Cl)cc2Cl)CC1. The van der Waals surface area contributed by atoms with Crippen LogP contribution in [0.25, 0.3) is 0 Å². The largest absolute Gasteiger partial charge is 0.379 e. The van der Waals surface area contributed by atoms with Gasteiger partial charge >= 0.3 is 0 Å². The summed E-state index contributed by atoms with van der Waals surface area (Å²) in [7, 11) is -3.50. The van der Waals surface area contributed by atoms with Gasteiger partial charge in [0, 0.05) is 48.7 Å². The maximum Gasteiger partial charge on any atom is 0.223 e. The zero-order valence-corrected chi connectivity index (χ0v) is 19.3. The van der Waals surface area contributed by atoms with Crippen molar-refractivity contribution in [2.24, 2.45) is 5.92 Å². The Kier molecular flexibility index (Phi) is 8.80. The fourth-order valence-corrected chi connectivity index (χ4v) is 5.96. The van der Waals surface area contributed by atoms with E-state index in [0.717, 1.165) is 39.3 Å². The van der Waals surface area contributed by atoms with E-state index in [1.54, 1.807) is 18.2 Å². The highest BCUT2D eigenvalue weighted by molar-refractivity contribution is 7.88. The minimum atomic E-state index is -3.50. The molecule has 0 spiro atoms. The van der Waals surface area contributed by atoms with E-state index in [9.17, 15) is 13.2 Å². The standard InChI is InChI=1S/C20H29Cl2N3O4S/c21-18-3-2-17(19(22)14-18)15-30(27,28)25-8-4-16(5-9-25)20(26)23-6-1-7-24-10-12-29-13-11-24/h2-3,14,16H,1,4-13,15H2,(H,23,26). The normalized spacial score (nSPS) is 19.7. The number of hydrogen-bond donors (Lipinski definition) is 1. The number of benzene rings is 1. The summed E-state index contributed by atoms with van der Waals surface area (Å²) in [5, 5.41) is 3.82. The van der Waals surface area contributed by atoms with Gasteiger partial charge in [0.05, 0.1) is 19.0 Å². The van der Waals surface area contributed by atoms with Crippen molar-refractivity contribution in [2.75, 3.05) is 52.5 Å². The molecule has 0 bridgehead atoms. The van der Waals surface area contributed by atoms with Crippen LogP contribution in [0.3, 0.4) is 0 Å². The molecule has 0 unspecified atom stereocenters. The fraction of sp³-hybridized carbons (Fsp3) is 0.650. The summed E-state index contributed by atoms with van der Waals surface area (Å²) in [6, 6.07) is 4.82. The van der Waals surface area contributed by atoms with Gasteiger partial charge in [-0.1, -0.05) is 29.3 Å². The average Bonchev–Trinajstić information content (AvgIpc) is 2.74. The van der Waals surface area contributed by atoms with E-state index in [1.165, 1.54) is 4.31 Å². The molecule has 0 aliphatic carbocycles. The Morgan fingerprint density at radius 2 is 1.83 bits per heavy atom. The van der Waals surface area contributed by atoms with Crippen LogP contribution in [0.4, 0.5) is 0 Å². The summed E-state index contributed by atoms with van der Waals surface area (Å²) >= 11 is 12.0. The third-order valence-electron chi connectivity index (χ3n) is 5.63. The van der Waals surface area contributed by atoms with E-state index in [2.05, 4.69) is 10.2 Å². The number of piperidine rings is 1. The first-order chi connectivity index (χ1) is 14.3. The smallest absolute Gasteiger partial charge is 0.223 e. The predicted molar refractivity (Wildman–Crippen MR) is 118 cm³/mol. The van der Waals surface area contributed by atoms with Crippen molar-refractivity contribution >= 4 is 39.1 Å². The second kappa shape index (κ2) is 11.1. The Morgan fingerprint density at radius 3 is 2.50 bits per heavy atom. The number of morpholine rings is 1. The molecule has 30 heavy (non-hydrogen) atoms. The monoisotopic (exact) mass is 477 g/mol. The lowest BCUT2D eigenvalue weighted by Gasteiger charge is -2.31. The van der Waals surface area contributed by atoms with E-state index in [4.69, 9.17) is 27.9 Å². The predicted octanol–water partition coefficient (Wildman–Crippen LogP) is 2.37. The quantitative estimate of drug-likeness (QED) is 0.581. The molecule has 2 fully saturated rings. The summed E-state index contributed by atoms with van der Waals surface area (Å²) in [5.74, 6) is -0.282. The molecule has 0 atom stereocenters. The lowest BCUT2D eigenvalue weighted by molar-refractivity contribution is -0.126. The maximum atomic E-state index is 12.8. The summed E-state index contributed by atoms with van der Waals surface area (Å²) in [4.78, 5) is 14.8. The molecule has 1 N–H and O–H groups in total. The Labute approximate surface area is 188 Å². The molecule has 0 saturated carbocycles. The van der Waals surface area contributed by atoms with Crippen LogP contribution in [0.15, 0.2) is 18.2 Å². The van der Waals surface area contributed by atoms with Gasteiger partial charge in [0.15, 0.2) is 0 Å². The second-order valence-electron chi connectivity index (χ2n) is 7.76. The number of halogens is 2. The first-order valence-electron chi connectivity index (χ1n) is 10.3. The number of amides is 1. The zero-order valence-electron chi connectivity index (χ0n) is 17.0. The second-order valence-corrected chi connectivity index (χ2v) is 10.6. The van der Waals surface area contributed by atoms with Crippen molar-refractivity contribution in [3.8, 4) is 0 Å². The van der Waals surface area contributed by atoms with Crippen LogP contribution in [-0.4, -0.2) is 76.0 Å². The van der Waals surface area contributed by atoms with Crippen LogP contribution in [0.5, 0.6) is 0 Å². The molecular formula is C20H29Cl2N3O4S. The number of sulfonamides is 1. The van der Waals surface area contributed by atoms with Crippen molar-refractivity contribution in [3.63, 3.8) is 0 Å². The molecular weight excluding hydrogens is 449 g/mol. The number of rotatable bonds is 8. The molecule has 7 nitrogen and oxygen atoms in total. The number of carbonyl (C=O) groups excluding carboxylic acids is 1. The molecule has 0 aromatic heterocycles.